The standard InChI is InChI=1S/C14H18FNO2/c1-9-7-10(15)5-6-13(9)14(18)16-11-3-2-4-12(17)8-11/h5-7,11-12,17H,2-4,8H2,1H3,(H,16,18). The first kappa shape index (κ1) is 13.0. The average Bonchev–Trinajstić information content (AvgIpc) is 2.28. The van der Waals surface area contributed by atoms with Gasteiger partial charge in [0.1, 0.15) is 5.82 Å². The van der Waals surface area contributed by atoms with Gasteiger partial charge >= 0.3 is 0 Å². The van der Waals surface area contributed by atoms with Crippen LogP contribution in [-0.4, -0.2) is 23.2 Å². The van der Waals surface area contributed by atoms with Gasteiger partial charge in [-0.2, -0.15) is 0 Å². The van der Waals surface area contributed by atoms with Gasteiger partial charge < -0.3 is 10.4 Å². The van der Waals surface area contributed by atoms with Crippen LogP contribution in [0.25, 0.3) is 0 Å². The number of aliphatic hydroxyl groups is 1. The zero-order valence-electron chi connectivity index (χ0n) is 10.4. The van der Waals surface area contributed by atoms with Gasteiger partial charge in [-0.25, -0.2) is 4.39 Å². The van der Waals surface area contributed by atoms with Crippen LogP contribution in [-0.2, 0) is 0 Å². The smallest absolute Gasteiger partial charge is 0.251 e. The predicted molar refractivity (Wildman–Crippen MR) is 66.9 cm³/mol. The van der Waals surface area contributed by atoms with E-state index in [1.807, 2.05) is 0 Å². The van der Waals surface area contributed by atoms with Crippen molar-refractivity contribution in [2.75, 3.05) is 0 Å². The average molecular weight is 251 g/mol. The van der Waals surface area contributed by atoms with Crippen molar-refractivity contribution in [3.05, 3.63) is 35.1 Å². The summed E-state index contributed by atoms with van der Waals surface area (Å²) in [7, 11) is 0. The largest absolute Gasteiger partial charge is 0.393 e. The summed E-state index contributed by atoms with van der Waals surface area (Å²) in [5.74, 6) is -0.524. The lowest BCUT2D eigenvalue weighted by atomic mass is 9.92. The third kappa shape index (κ3) is 3.07. The first-order chi connectivity index (χ1) is 8.56. The van der Waals surface area contributed by atoms with Crippen LogP contribution < -0.4 is 5.32 Å². The van der Waals surface area contributed by atoms with Crippen molar-refractivity contribution in [3.63, 3.8) is 0 Å². The van der Waals surface area contributed by atoms with E-state index in [9.17, 15) is 14.3 Å². The zero-order valence-corrected chi connectivity index (χ0v) is 10.4. The molecule has 0 spiro atoms. The summed E-state index contributed by atoms with van der Waals surface area (Å²) in [6, 6.07) is 4.16. The van der Waals surface area contributed by atoms with Crippen molar-refractivity contribution in [3.8, 4) is 0 Å². The molecule has 2 atom stereocenters. The molecule has 0 bridgehead atoms. The Morgan fingerprint density at radius 3 is 2.89 bits per heavy atom. The number of aryl methyl sites for hydroxylation is 1. The maximum Gasteiger partial charge on any atom is 0.251 e. The molecule has 0 heterocycles. The first-order valence-corrected chi connectivity index (χ1v) is 6.31. The topological polar surface area (TPSA) is 49.3 Å². The molecule has 2 N–H and O–H groups in total. The number of carbonyl (C=O) groups is 1. The monoisotopic (exact) mass is 251 g/mol. The zero-order chi connectivity index (χ0) is 13.1. The van der Waals surface area contributed by atoms with Crippen molar-refractivity contribution >= 4 is 5.91 Å². The van der Waals surface area contributed by atoms with Crippen LogP contribution >= 0.6 is 0 Å². The highest BCUT2D eigenvalue weighted by Gasteiger charge is 2.22. The van der Waals surface area contributed by atoms with Crippen LogP contribution in [0.4, 0.5) is 4.39 Å². The summed E-state index contributed by atoms with van der Waals surface area (Å²) in [6.45, 7) is 1.72. The quantitative estimate of drug-likeness (QED) is 0.846. The maximum atomic E-state index is 13.0. The molecule has 1 amide bonds. The van der Waals surface area contributed by atoms with Crippen LogP contribution in [0.2, 0.25) is 0 Å². The van der Waals surface area contributed by atoms with Gasteiger partial charge in [-0.1, -0.05) is 0 Å². The molecule has 1 aromatic rings. The molecule has 0 aliphatic heterocycles. The van der Waals surface area contributed by atoms with Crippen molar-refractivity contribution < 1.29 is 14.3 Å². The van der Waals surface area contributed by atoms with E-state index >= 15 is 0 Å². The van der Waals surface area contributed by atoms with Crippen LogP contribution in [0.1, 0.15) is 41.6 Å². The Morgan fingerprint density at radius 1 is 1.44 bits per heavy atom. The fourth-order valence-electron chi connectivity index (χ4n) is 2.44. The predicted octanol–water partition coefficient (Wildman–Crippen LogP) is 2.17. The molecule has 18 heavy (non-hydrogen) atoms. The van der Waals surface area contributed by atoms with Gasteiger partial charge in [0, 0.05) is 11.6 Å². The first-order valence-electron chi connectivity index (χ1n) is 6.31. The third-order valence-corrected chi connectivity index (χ3v) is 3.41. The summed E-state index contributed by atoms with van der Waals surface area (Å²) < 4.78 is 13.0. The summed E-state index contributed by atoms with van der Waals surface area (Å²) in [5.41, 5.74) is 1.13. The Bertz CT molecular complexity index is 447. The van der Waals surface area contributed by atoms with Gasteiger partial charge in [0.15, 0.2) is 0 Å². The van der Waals surface area contributed by atoms with Crippen molar-refractivity contribution in [1.29, 1.82) is 0 Å². The van der Waals surface area contributed by atoms with Crippen molar-refractivity contribution in [2.45, 2.75) is 44.8 Å². The van der Waals surface area contributed by atoms with E-state index in [0.29, 0.717) is 17.5 Å². The van der Waals surface area contributed by atoms with Crippen LogP contribution in [0.3, 0.4) is 0 Å². The van der Waals surface area contributed by atoms with E-state index in [-0.39, 0.29) is 23.9 Å². The van der Waals surface area contributed by atoms with Gasteiger partial charge in [-0.15, -0.1) is 0 Å². The highest BCUT2D eigenvalue weighted by Crippen LogP contribution is 2.19. The molecule has 4 heteroatoms. The molecule has 1 fully saturated rings. The number of nitrogens with one attached hydrogen (secondary N) is 1. The Kier molecular flexibility index (Phi) is 3.97. The number of rotatable bonds is 2. The Labute approximate surface area is 106 Å². The molecule has 0 radical (unpaired) electrons. The summed E-state index contributed by atoms with van der Waals surface area (Å²) >= 11 is 0. The molecule has 0 saturated heterocycles. The third-order valence-electron chi connectivity index (χ3n) is 3.41. The SMILES string of the molecule is Cc1cc(F)ccc1C(=O)NC1CCCC(O)C1. The van der Waals surface area contributed by atoms with Crippen LogP contribution in [0.15, 0.2) is 18.2 Å². The summed E-state index contributed by atoms with van der Waals surface area (Å²) in [6.07, 6.45) is 2.91. The van der Waals surface area contributed by atoms with Gasteiger partial charge in [-0.3, -0.25) is 4.79 Å². The Balaban J connectivity index is 2.03. The van der Waals surface area contributed by atoms with E-state index in [2.05, 4.69) is 5.32 Å². The minimum atomic E-state index is -0.336. The van der Waals surface area contributed by atoms with E-state index in [0.717, 1.165) is 19.3 Å². The molecule has 1 aliphatic rings. The molecule has 2 rings (SSSR count). The number of hydrogen-bond acceptors (Lipinski definition) is 2. The molecular formula is C14H18FNO2. The van der Waals surface area contributed by atoms with Gasteiger partial charge in [0.05, 0.1) is 6.10 Å². The maximum absolute atomic E-state index is 13.0. The second kappa shape index (κ2) is 5.48. The Hall–Kier alpha value is -1.42. The van der Waals surface area contributed by atoms with Crippen molar-refractivity contribution in [2.24, 2.45) is 0 Å². The molecule has 1 saturated carbocycles. The molecule has 0 aromatic heterocycles. The minimum Gasteiger partial charge on any atom is -0.393 e. The summed E-state index contributed by atoms with van der Waals surface area (Å²) in [4.78, 5) is 12.0. The second-order valence-corrected chi connectivity index (χ2v) is 4.95. The lowest BCUT2D eigenvalue weighted by Crippen LogP contribution is -2.40. The summed E-state index contributed by atoms with van der Waals surface area (Å²) in [5, 5.41) is 12.5. The van der Waals surface area contributed by atoms with Gasteiger partial charge in [0.2, 0.25) is 0 Å². The molecule has 98 valence electrons. The molecule has 1 aliphatic carbocycles. The lowest BCUT2D eigenvalue weighted by molar-refractivity contribution is 0.0849. The number of carbonyl (C=O) groups excluding carboxylic acids is 1. The fraction of sp³-hybridized carbons (Fsp3) is 0.500. The molecule has 3 nitrogen and oxygen atoms in total. The molecular weight excluding hydrogens is 233 g/mol. The highest BCUT2D eigenvalue weighted by atomic mass is 19.1. The number of aliphatic hydroxyl groups excluding tert-OH is 1. The second-order valence-electron chi connectivity index (χ2n) is 4.95. The number of hydrogen-bond donors (Lipinski definition) is 2. The number of halogens is 1. The van der Waals surface area contributed by atoms with Crippen molar-refractivity contribution in [1.82, 2.24) is 5.32 Å². The Morgan fingerprint density at radius 2 is 2.22 bits per heavy atom. The highest BCUT2D eigenvalue weighted by molar-refractivity contribution is 5.95. The lowest BCUT2D eigenvalue weighted by Gasteiger charge is -2.26. The van der Waals surface area contributed by atoms with Gasteiger partial charge in [-0.05, 0) is 56.4 Å². The van der Waals surface area contributed by atoms with E-state index < -0.39 is 0 Å². The van der Waals surface area contributed by atoms with Crippen LogP contribution in [0, 0.1) is 12.7 Å². The normalized spacial score (nSPS) is 23.7. The van der Waals surface area contributed by atoms with E-state index in [1.165, 1.54) is 18.2 Å². The van der Waals surface area contributed by atoms with Gasteiger partial charge in [0.25, 0.3) is 5.91 Å². The minimum absolute atomic E-state index is 0.0192. The fourth-order valence-corrected chi connectivity index (χ4v) is 2.44. The molecule has 2 unspecified atom stereocenters. The van der Waals surface area contributed by atoms with E-state index in [1.54, 1.807) is 6.92 Å². The molecule has 1 aromatic carbocycles. The van der Waals surface area contributed by atoms with E-state index in [4.69, 9.17) is 0 Å². The number of amides is 1. The van der Waals surface area contributed by atoms with Crippen LogP contribution in [0.5, 0.6) is 0 Å². The number of benzene rings is 1.